The molecule has 5 saturated carbocycles. The minimum absolute atomic E-state index is 0.00385. The van der Waals surface area contributed by atoms with Crippen LogP contribution in [0.15, 0.2) is 12.2 Å². The van der Waals surface area contributed by atoms with Gasteiger partial charge in [-0.15, -0.1) is 0 Å². The summed E-state index contributed by atoms with van der Waals surface area (Å²) in [5, 5.41) is 32.6. The Kier molecular flexibility index (Phi) is 4.42. The van der Waals surface area contributed by atoms with Gasteiger partial charge in [0.05, 0.1) is 30.3 Å². The van der Waals surface area contributed by atoms with Crippen molar-refractivity contribution < 1.29 is 29.6 Å². The Morgan fingerprint density at radius 1 is 1.06 bits per heavy atom. The van der Waals surface area contributed by atoms with Gasteiger partial charge in [-0.25, -0.2) is 0 Å². The highest BCUT2D eigenvalue weighted by Crippen LogP contribution is 2.83. The van der Waals surface area contributed by atoms with E-state index in [4.69, 9.17) is 9.47 Å². The van der Waals surface area contributed by atoms with Crippen molar-refractivity contribution in [2.75, 3.05) is 6.61 Å². The van der Waals surface area contributed by atoms with Crippen LogP contribution in [0.2, 0.25) is 0 Å². The second-order valence-corrected chi connectivity index (χ2v) is 15.0. The lowest BCUT2D eigenvalue weighted by molar-refractivity contribution is -0.287. The summed E-state index contributed by atoms with van der Waals surface area (Å²) in [6.07, 6.45) is 3.87. The van der Waals surface area contributed by atoms with E-state index in [0.717, 1.165) is 38.5 Å². The lowest BCUT2D eigenvalue weighted by Gasteiger charge is -2.72. The number of hydrogen-bond acceptors (Lipinski definition) is 6. The van der Waals surface area contributed by atoms with Gasteiger partial charge in [-0.1, -0.05) is 46.8 Å². The Balaban J connectivity index is 1.40. The first-order chi connectivity index (χ1) is 16.8. The molecule has 0 aromatic heterocycles. The highest BCUT2D eigenvalue weighted by molar-refractivity contribution is 5.82. The molecule has 7 aliphatic rings. The zero-order valence-electron chi connectivity index (χ0n) is 22.5. The van der Waals surface area contributed by atoms with E-state index in [-0.39, 0.29) is 64.7 Å². The largest absolute Gasteiger partial charge is 0.455 e. The van der Waals surface area contributed by atoms with Crippen LogP contribution in [-0.2, 0) is 14.3 Å². The lowest BCUT2D eigenvalue weighted by Crippen LogP contribution is -2.76. The number of carbonyl (C=O) groups excluding carboxylic acids is 1. The van der Waals surface area contributed by atoms with E-state index in [1.165, 1.54) is 5.57 Å². The maximum absolute atomic E-state index is 13.8. The van der Waals surface area contributed by atoms with Crippen molar-refractivity contribution in [3.8, 4) is 0 Å². The fourth-order valence-corrected chi connectivity index (χ4v) is 12.3. The van der Waals surface area contributed by atoms with E-state index in [2.05, 4.69) is 34.3 Å². The third-order valence-corrected chi connectivity index (χ3v) is 14.2. The minimum Gasteiger partial charge on any atom is -0.455 e. The van der Waals surface area contributed by atoms with E-state index < -0.39 is 28.6 Å². The summed E-state index contributed by atoms with van der Waals surface area (Å²) in [6, 6.07) is 0. The first-order valence-corrected chi connectivity index (χ1v) is 14.3. The molecule has 0 aromatic carbocycles. The summed E-state index contributed by atoms with van der Waals surface area (Å²) in [6.45, 7) is 15.6. The molecular weight excluding hydrogens is 456 g/mol. The number of hydrogen-bond donors (Lipinski definition) is 3. The van der Waals surface area contributed by atoms with Crippen molar-refractivity contribution in [1.82, 2.24) is 0 Å². The molecule has 2 saturated heterocycles. The van der Waals surface area contributed by atoms with Crippen LogP contribution in [-0.4, -0.2) is 57.9 Å². The number of allylic oxidation sites excluding steroid dienone is 1. The average molecular weight is 501 g/mol. The predicted octanol–water partition coefficient (Wildman–Crippen LogP) is 3.61. The Morgan fingerprint density at radius 3 is 2.47 bits per heavy atom. The van der Waals surface area contributed by atoms with E-state index >= 15 is 0 Å². The van der Waals surface area contributed by atoms with Gasteiger partial charge in [0, 0.05) is 16.7 Å². The number of rotatable bonds is 1. The summed E-state index contributed by atoms with van der Waals surface area (Å²) < 4.78 is 13.4. The first kappa shape index (κ1) is 24.1. The molecule has 7 fully saturated rings. The van der Waals surface area contributed by atoms with Crippen molar-refractivity contribution in [1.29, 1.82) is 0 Å². The lowest BCUT2D eigenvalue weighted by atomic mass is 9.30. The maximum atomic E-state index is 13.8. The van der Waals surface area contributed by atoms with Crippen LogP contribution in [0, 0.1) is 50.7 Å². The molecular formula is C30H44O6. The molecule has 14 unspecified atom stereocenters. The van der Waals surface area contributed by atoms with Crippen LogP contribution >= 0.6 is 0 Å². The molecule has 36 heavy (non-hydrogen) atoms. The summed E-state index contributed by atoms with van der Waals surface area (Å²) in [5.74, 6) is 0.543. The smallest absolute Gasteiger partial charge is 0.313 e. The van der Waals surface area contributed by atoms with Gasteiger partial charge in [0.25, 0.3) is 0 Å². The zero-order valence-corrected chi connectivity index (χ0v) is 22.5. The van der Waals surface area contributed by atoms with Crippen molar-refractivity contribution in [3.05, 3.63) is 12.2 Å². The first-order valence-electron chi connectivity index (χ1n) is 14.3. The fraction of sp³-hybridized carbons (Fsp3) is 0.900. The summed E-state index contributed by atoms with van der Waals surface area (Å²) in [5.41, 5.74) is -1.31. The quantitative estimate of drug-likeness (QED) is 0.289. The van der Waals surface area contributed by atoms with Gasteiger partial charge in [0.1, 0.15) is 6.10 Å². The van der Waals surface area contributed by atoms with Crippen LogP contribution in [0.5, 0.6) is 0 Å². The number of esters is 1. The Hall–Kier alpha value is -0.950. The molecule has 1 spiro atoms. The molecule has 6 nitrogen and oxygen atoms in total. The number of aliphatic hydroxyl groups is 3. The van der Waals surface area contributed by atoms with Gasteiger partial charge in [0.15, 0.2) is 5.60 Å². The highest BCUT2D eigenvalue weighted by atomic mass is 16.6. The van der Waals surface area contributed by atoms with E-state index in [1.54, 1.807) is 0 Å². The summed E-state index contributed by atoms with van der Waals surface area (Å²) in [7, 11) is 0. The maximum Gasteiger partial charge on any atom is 0.313 e. The molecule has 2 bridgehead atoms. The number of carbonyl (C=O) groups is 1. The molecule has 6 heteroatoms. The number of fused-ring (bicyclic) bond motifs is 6. The molecule has 0 amide bonds. The molecule has 14 atom stereocenters. The van der Waals surface area contributed by atoms with Crippen LogP contribution in [0.1, 0.15) is 79.6 Å². The van der Waals surface area contributed by atoms with Gasteiger partial charge in [-0.2, -0.15) is 0 Å². The van der Waals surface area contributed by atoms with E-state index in [9.17, 15) is 20.1 Å². The standard InChI is InChI=1S/C30H44O6/c1-15-7-10-29-12-11-28(6)27(5)9-8-18-25(3,13-17(32)22(33)26(18,4)14-31)21(27)19-23(35-19)30(28,36-24(29)34)20(29)16(15)2/h16-23,31-33H,1,7-14H2,2-6H3. The Bertz CT molecular complexity index is 1060. The van der Waals surface area contributed by atoms with Gasteiger partial charge < -0.3 is 24.8 Å². The fourth-order valence-electron chi connectivity index (χ4n) is 12.3. The second kappa shape index (κ2) is 6.60. The molecule has 2 heterocycles. The number of ether oxygens (including phenoxy) is 2. The zero-order chi connectivity index (χ0) is 25.8. The Morgan fingerprint density at radius 2 is 1.78 bits per heavy atom. The van der Waals surface area contributed by atoms with Crippen LogP contribution < -0.4 is 0 Å². The van der Waals surface area contributed by atoms with Gasteiger partial charge in [-0.3, -0.25) is 4.79 Å². The number of epoxide rings is 1. The van der Waals surface area contributed by atoms with E-state index in [1.807, 2.05) is 6.92 Å². The molecule has 5 aliphatic carbocycles. The molecule has 7 rings (SSSR count). The summed E-state index contributed by atoms with van der Waals surface area (Å²) >= 11 is 0. The van der Waals surface area contributed by atoms with Crippen molar-refractivity contribution in [3.63, 3.8) is 0 Å². The SMILES string of the molecule is C=C1CCC23CCC4(C)C5(C)CCC6C(C)(CO)C(O)C(O)CC6(C)C5C5OC5C4(OC2=O)C3C1C. The molecule has 0 aromatic rings. The van der Waals surface area contributed by atoms with Crippen molar-refractivity contribution in [2.24, 2.45) is 50.7 Å². The minimum atomic E-state index is -0.938. The molecule has 2 aliphatic heterocycles. The van der Waals surface area contributed by atoms with Gasteiger partial charge in [-0.05, 0) is 73.5 Å². The predicted molar refractivity (Wildman–Crippen MR) is 133 cm³/mol. The van der Waals surface area contributed by atoms with Crippen LogP contribution in [0.3, 0.4) is 0 Å². The van der Waals surface area contributed by atoms with Crippen molar-refractivity contribution >= 4 is 5.97 Å². The second-order valence-electron chi connectivity index (χ2n) is 15.0. The van der Waals surface area contributed by atoms with Crippen LogP contribution in [0.25, 0.3) is 0 Å². The molecule has 200 valence electrons. The molecule has 0 radical (unpaired) electrons. The molecule has 3 N–H and O–H groups in total. The van der Waals surface area contributed by atoms with Gasteiger partial charge in [0.2, 0.25) is 0 Å². The van der Waals surface area contributed by atoms with Gasteiger partial charge >= 0.3 is 5.97 Å². The monoisotopic (exact) mass is 500 g/mol. The van der Waals surface area contributed by atoms with Crippen molar-refractivity contribution in [2.45, 2.75) is 110 Å². The normalized spacial score (nSPS) is 64.9. The Labute approximate surface area is 214 Å². The topological polar surface area (TPSA) is 99.5 Å². The number of aliphatic hydroxyl groups excluding tert-OH is 3. The van der Waals surface area contributed by atoms with Crippen LogP contribution in [0.4, 0.5) is 0 Å². The van der Waals surface area contributed by atoms with E-state index in [0.29, 0.717) is 6.42 Å². The third-order valence-electron chi connectivity index (χ3n) is 14.2. The summed E-state index contributed by atoms with van der Waals surface area (Å²) in [4.78, 5) is 13.8. The highest BCUT2D eigenvalue weighted by Gasteiger charge is 2.89. The average Bonchev–Trinajstić information content (AvgIpc) is 3.57. The third kappa shape index (κ3) is 2.17.